The van der Waals surface area contributed by atoms with E-state index >= 15 is 0 Å². The van der Waals surface area contributed by atoms with E-state index in [2.05, 4.69) is 41.9 Å². The van der Waals surface area contributed by atoms with Crippen molar-refractivity contribution >= 4 is 50.2 Å². The van der Waals surface area contributed by atoms with Gasteiger partial charge in [0.1, 0.15) is 18.9 Å². The molecular weight excluding hydrogens is 599 g/mol. The van der Waals surface area contributed by atoms with E-state index in [1.807, 2.05) is 63.2 Å². The van der Waals surface area contributed by atoms with Crippen molar-refractivity contribution in [2.24, 2.45) is 0 Å². The number of pyridine rings is 2. The van der Waals surface area contributed by atoms with E-state index in [1.54, 1.807) is 17.0 Å². The third-order valence-corrected chi connectivity index (χ3v) is 11.6. The van der Waals surface area contributed by atoms with Gasteiger partial charge in [0.05, 0.1) is 0 Å². The molecule has 1 aromatic carbocycles. The zero-order chi connectivity index (χ0) is 27.8. The fourth-order valence-corrected chi connectivity index (χ4v) is 8.56. The predicted octanol–water partition coefficient (Wildman–Crippen LogP) is 6.37. The minimum atomic E-state index is -2.45. The molecule has 0 spiro atoms. The molecule has 5 heterocycles. The summed E-state index contributed by atoms with van der Waals surface area (Å²) in [6.07, 6.45) is 3.17. The van der Waals surface area contributed by atoms with E-state index < -0.39 is 24.0 Å². The first-order chi connectivity index (χ1) is 18.5. The van der Waals surface area contributed by atoms with Crippen LogP contribution in [0.1, 0.15) is 20.8 Å². The number of carbonyl (C=O) groups is 1. The SMILES string of the molecule is CC(C)(C)OC(=O)n1[c]([Sn]([CH3])([CH3])[CH3])cc2cccnc21.c1cnc2[nH]c(-c3ccc4c(c3)OCCO4)cc2c1. The molecule has 0 fully saturated rings. The summed E-state index contributed by atoms with van der Waals surface area (Å²) in [4.78, 5) is 31.4. The molecule has 4 aromatic heterocycles. The first kappa shape index (κ1) is 27.1. The van der Waals surface area contributed by atoms with E-state index in [9.17, 15) is 4.79 Å². The maximum absolute atomic E-state index is 12.5. The fraction of sp³-hybridized carbons (Fsp3) is 0.300. The van der Waals surface area contributed by atoms with Crippen LogP contribution in [0.25, 0.3) is 33.3 Å². The second kappa shape index (κ2) is 10.6. The molecule has 0 saturated heterocycles. The van der Waals surface area contributed by atoms with Gasteiger partial charge in [0.15, 0.2) is 11.5 Å². The van der Waals surface area contributed by atoms with Crippen molar-refractivity contribution in [2.75, 3.05) is 13.2 Å². The van der Waals surface area contributed by atoms with Gasteiger partial charge in [-0.05, 0) is 36.4 Å². The largest absolute Gasteiger partial charge is 0.486 e. The third-order valence-electron chi connectivity index (χ3n) is 6.15. The van der Waals surface area contributed by atoms with Gasteiger partial charge in [-0.2, -0.15) is 0 Å². The zero-order valence-electron chi connectivity index (χ0n) is 23.2. The van der Waals surface area contributed by atoms with Crippen LogP contribution in [0, 0.1) is 0 Å². The van der Waals surface area contributed by atoms with Crippen LogP contribution < -0.4 is 13.2 Å². The average Bonchev–Trinajstić information content (AvgIpc) is 3.50. The fourth-order valence-electron chi connectivity index (χ4n) is 4.40. The number of hydrogen-bond donors (Lipinski definition) is 1. The molecule has 1 aliphatic heterocycles. The van der Waals surface area contributed by atoms with Crippen LogP contribution in [0.3, 0.4) is 0 Å². The molecule has 8 nitrogen and oxygen atoms in total. The molecule has 0 bridgehead atoms. The second-order valence-electron chi connectivity index (χ2n) is 11.5. The Morgan fingerprint density at radius 1 is 0.923 bits per heavy atom. The quantitative estimate of drug-likeness (QED) is 0.228. The van der Waals surface area contributed by atoms with E-state index in [0.29, 0.717) is 18.9 Å². The zero-order valence-corrected chi connectivity index (χ0v) is 26.1. The van der Waals surface area contributed by atoms with Crippen LogP contribution in [0.5, 0.6) is 11.5 Å². The van der Waals surface area contributed by atoms with Crippen LogP contribution in [0.15, 0.2) is 67.0 Å². The molecule has 39 heavy (non-hydrogen) atoms. The van der Waals surface area contributed by atoms with Crippen molar-refractivity contribution in [3.63, 3.8) is 0 Å². The van der Waals surface area contributed by atoms with Crippen molar-refractivity contribution in [1.82, 2.24) is 19.5 Å². The normalized spacial score (nSPS) is 13.2. The summed E-state index contributed by atoms with van der Waals surface area (Å²) in [6, 6.07) is 18.0. The Kier molecular flexibility index (Phi) is 7.32. The first-order valence-electron chi connectivity index (χ1n) is 13.0. The molecule has 1 aliphatic rings. The van der Waals surface area contributed by atoms with Gasteiger partial charge in [0.25, 0.3) is 0 Å². The monoisotopic (exact) mass is 634 g/mol. The first-order valence-corrected chi connectivity index (χ1v) is 23.0. The van der Waals surface area contributed by atoms with Gasteiger partial charge in [-0.25, -0.2) is 4.98 Å². The molecule has 5 aromatic rings. The Morgan fingerprint density at radius 3 is 2.31 bits per heavy atom. The molecule has 6 rings (SSSR count). The topological polar surface area (TPSA) is 91.3 Å². The number of benzene rings is 1. The molecule has 9 heteroatoms. The van der Waals surface area contributed by atoms with Crippen molar-refractivity contribution in [1.29, 1.82) is 0 Å². The van der Waals surface area contributed by atoms with Gasteiger partial charge in [-0.1, -0.05) is 0 Å². The Hall–Kier alpha value is -3.53. The minimum absolute atomic E-state index is 0.326. The van der Waals surface area contributed by atoms with Gasteiger partial charge in [-0.3, -0.25) is 0 Å². The summed E-state index contributed by atoms with van der Waals surface area (Å²) in [5, 5.41) is 2.10. The van der Waals surface area contributed by atoms with Gasteiger partial charge >= 0.3 is 124 Å². The number of H-pyrrole nitrogens is 1. The number of aromatic nitrogens is 4. The Bertz CT molecular complexity index is 1610. The molecule has 0 saturated carbocycles. The van der Waals surface area contributed by atoms with Crippen molar-refractivity contribution in [3.8, 4) is 22.8 Å². The Balaban J connectivity index is 0.000000158. The molecule has 0 aliphatic carbocycles. The van der Waals surface area contributed by atoms with E-state index in [1.165, 1.54) is 0 Å². The molecule has 0 atom stereocenters. The average molecular weight is 633 g/mol. The molecule has 1 N–H and O–H groups in total. The van der Waals surface area contributed by atoms with Crippen molar-refractivity contribution < 1.29 is 19.0 Å². The van der Waals surface area contributed by atoms with E-state index in [-0.39, 0.29) is 6.09 Å². The smallest absolute Gasteiger partial charge is 0.162 e. The summed E-state index contributed by atoms with van der Waals surface area (Å²) >= 11 is -2.45. The summed E-state index contributed by atoms with van der Waals surface area (Å²) in [6.45, 7) is 6.85. The van der Waals surface area contributed by atoms with Gasteiger partial charge < -0.3 is 14.5 Å². The number of nitrogens with zero attached hydrogens (tertiary/aromatic N) is 3. The molecule has 202 valence electrons. The number of ether oxygens (including phenoxy) is 3. The van der Waals surface area contributed by atoms with Gasteiger partial charge in [0.2, 0.25) is 0 Å². The number of carbonyl (C=O) groups excluding carboxylic acids is 1. The van der Waals surface area contributed by atoms with Gasteiger partial charge in [-0.15, -0.1) is 0 Å². The van der Waals surface area contributed by atoms with Gasteiger partial charge in [0, 0.05) is 22.8 Å². The maximum Gasteiger partial charge on any atom is 0.162 e. The standard InChI is InChI=1S/C15H12N2O2.C12H13N2O2.3CH3.Sn/c1-2-11-8-12(17-15(11)16-5-1)10-3-4-13-14(9-10)19-7-6-18-13;1-12(2,3)16-11(15)14-8-6-9-5-4-7-13-10(9)14;;;;/h1-5,8-9H,6-7H2,(H,16,17);4-7H,1-3H3;3*1H3;. The summed E-state index contributed by atoms with van der Waals surface area (Å²) in [5.74, 6) is 1.61. The number of hydrogen-bond acceptors (Lipinski definition) is 6. The summed E-state index contributed by atoms with van der Waals surface area (Å²) < 4.78 is 19.5. The number of rotatable bonds is 2. The number of aromatic amines is 1. The molecule has 0 unspecified atom stereocenters. The van der Waals surface area contributed by atoms with Crippen LogP contribution in [-0.4, -0.2) is 62.8 Å². The van der Waals surface area contributed by atoms with Crippen LogP contribution in [-0.2, 0) is 4.74 Å². The second-order valence-corrected chi connectivity index (χ2v) is 25.8. The van der Waals surface area contributed by atoms with Crippen molar-refractivity contribution in [2.45, 2.75) is 41.2 Å². The number of fused-ring (bicyclic) bond motifs is 3. The number of nitrogens with one attached hydrogen (secondary N) is 1. The third kappa shape index (κ3) is 6.05. The summed E-state index contributed by atoms with van der Waals surface area (Å²) in [7, 11) is 0. The minimum Gasteiger partial charge on any atom is -0.486 e. The van der Waals surface area contributed by atoms with Crippen LogP contribution in [0.2, 0.25) is 14.8 Å². The van der Waals surface area contributed by atoms with E-state index in [0.717, 1.165) is 42.9 Å². The van der Waals surface area contributed by atoms with E-state index in [4.69, 9.17) is 14.2 Å². The van der Waals surface area contributed by atoms with Crippen LogP contribution in [0.4, 0.5) is 4.79 Å². The maximum atomic E-state index is 12.5. The molecule has 0 amide bonds. The van der Waals surface area contributed by atoms with Crippen molar-refractivity contribution in [3.05, 3.63) is 67.0 Å². The summed E-state index contributed by atoms with van der Waals surface area (Å²) in [5.41, 5.74) is 3.19. The Labute approximate surface area is 232 Å². The Morgan fingerprint density at radius 2 is 1.62 bits per heavy atom. The molecular formula is C30H34N4O4Sn. The predicted molar refractivity (Wildman–Crippen MR) is 157 cm³/mol. The molecule has 0 radical (unpaired) electrons. The van der Waals surface area contributed by atoms with Crippen LogP contribution >= 0.6 is 0 Å².